The van der Waals surface area contributed by atoms with E-state index in [1.165, 1.54) is 4.90 Å². The molecule has 1 aromatic rings. The molecule has 2 amide bonds. The number of halogens is 1. The minimum absolute atomic E-state index is 0.0676. The van der Waals surface area contributed by atoms with Crippen LogP contribution in [0.3, 0.4) is 0 Å². The minimum atomic E-state index is -0.827. The first kappa shape index (κ1) is 20.1. The topological polar surface area (TPSA) is 87.7 Å². The molecule has 1 unspecified atom stereocenters. The van der Waals surface area contributed by atoms with Gasteiger partial charge in [-0.2, -0.15) is 0 Å². The molecule has 0 bridgehead atoms. The highest BCUT2D eigenvalue weighted by atomic mass is 35.5. The van der Waals surface area contributed by atoms with Crippen molar-refractivity contribution in [2.75, 3.05) is 19.7 Å². The molecule has 0 spiro atoms. The summed E-state index contributed by atoms with van der Waals surface area (Å²) in [6.07, 6.45) is 0.548. The summed E-state index contributed by atoms with van der Waals surface area (Å²) < 4.78 is 5.04. The third-order valence-corrected chi connectivity index (χ3v) is 4.42. The van der Waals surface area contributed by atoms with Gasteiger partial charge in [0.15, 0.2) is 5.11 Å². The Kier molecular flexibility index (Phi) is 7.35. The van der Waals surface area contributed by atoms with Crippen molar-refractivity contribution in [3.05, 3.63) is 34.9 Å². The van der Waals surface area contributed by atoms with Gasteiger partial charge in [-0.1, -0.05) is 30.7 Å². The van der Waals surface area contributed by atoms with Gasteiger partial charge < -0.3 is 15.0 Å². The fourth-order valence-corrected chi connectivity index (χ4v) is 3.01. The maximum atomic E-state index is 12.4. The van der Waals surface area contributed by atoms with Gasteiger partial charge >= 0.3 is 5.97 Å². The second-order valence-corrected chi connectivity index (χ2v) is 6.46. The number of hydrogen-bond donors (Lipinski definition) is 2. The predicted molar refractivity (Wildman–Crippen MR) is 101 cm³/mol. The summed E-state index contributed by atoms with van der Waals surface area (Å²) in [5.41, 5.74) is 0.275. The Morgan fingerprint density at radius 1 is 1.42 bits per heavy atom. The average molecular weight is 398 g/mol. The van der Waals surface area contributed by atoms with Gasteiger partial charge in [0.1, 0.15) is 6.04 Å². The van der Waals surface area contributed by atoms with Gasteiger partial charge in [0.2, 0.25) is 5.91 Å². The third kappa shape index (κ3) is 5.15. The molecule has 0 radical (unpaired) electrons. The number of carbonyl (C=O) groups excluding carboxylic acids is 3. The van der Waals surface area contributed by atoms with Gasteiger partial charge in [0.25, 0.3) is 5.91 Å². The van der Waals surface area contributed by atoms with Gasteiger partial charge in [-0.15, -0.1) is 0 Å². The van der Waals surface area contributed by atoms with Crippen molar-refractivity contribution < 1.29 is 19.1 Å². The Labute approximate surface area is 162 Å². The highest BCUT2D eigenvalue weighted by Crippen LogP contribution is 2.15. The maximum absolute atomic E-state index is 12.4. The smallest absolute Gasteiger partial charge is 0.308 e. The van der Waals surface area contributed by atoms with E-state index in [0.29, 0.717) is 31.1 Å². The van der Waals surface area contributed by atoms with E-state index in [2.05, 4.69) is 10.6 Å². The zero-order valence-electron chi connectivity index (χ0n) is 14.3. The molecule has 0 saturated carbocycles. The molecule has 9 heteroatoms. The summed E-state index contributed by atoms with van der Waals surface area (Å²) in [6, 6.07) is 5.74. The van der Waals surface area contributed by atoms with Crippen LogP contribution in [0.5, 0.6) is 0 Å². The van der Waals surface area contributed by atoms with Crippen molar-refractivity contribution >= 4 is 46.7 Å². The van der Waals surface area contributed by atoms with Crippen molar-refractivity contribution in [3.8, 4) is 0 Å². The molecule has 0 aromatic heterocycles. The van der Waals surface area contributed by atoms with Crippen molar-refractivity contribution in [2.24, 2.45) is 0 Å². The maximum Gasteiger partial charge on any atom is 0.308 e. The second kappa shape index (κ2) is 9.49. The number of piperazine rings is 1. The van der Waals surface area contributed by atoms with E-state index < -0.39 is 17.9 Å². The van der Waals surface area contributed by atoms with Gasteiger partial charge in [-0.25, -0.2) is 0 Å². The molecule has 1 atom stereocenters. The van der Waals surface area contributed by atoms with E-state index in [1.807, 2.05) is 6.92 Å². The molecular formula is C17H20ClN3O4S. The first-order valence-corrected chi connectivity index (χ1v) is 9.02. The highest BCUT2D eigenvalue weighted by Gasteiger charge is 2.34. The largest absolute Gasteiger partial charge is 0.466 e. The Morgan fingerprint density at radius 2 is 2.15 bits per heavy atom. The first-order valence-electron chi connectivity index (χ1n) is 8.23. The van der Waals surface area contributed by atoms with Crippen LogP contribution in [0.25, 0.3) is 0 Å². The standard InChI is InChI=1S/C17H20ClN3O4S/c1-2-9-25-14(22)10-13-16(24)19-7-8-21(13)17(26)20-15(23)11-5-3-4-6-12(11)18/h3-6,13H,2,7-10H2,1H3,(H,19,24)(H,20,23,26). The van der Waals surface area contributed by atoms with Gasteiger partial charge in [0.05, 0.1) is 23.6 Å². The van der Waals surface area contributed by atoms with Crippen LogP contribution in [-0.2, 0) is 14.3 Å². The number of hydrogen-bond acceptors (Lipinski definition) is 5. The third-order valence-electron chi connectivity index (χ3n) is 3.76. The molecule has 1 fully saturated rings. The van der Waals surface area contributed by atoms with Gasteiger partial charge in [0, 0.05) is 13.1 Å². The summed E-state index contributed by atoms with van der Waals surface area (Å²) in [7, 11) is 0. The Bertz CT molecular complexity index is 713. The molecule has 2 N–H and O–H groups in total. The lowest BCUT2D eigenvalue weighted by molar-refractivity contribution is -0.147. The number of ether oxygens (including phenoxy) is 1. The van der Waals surface area contributed by atoms with Crippen LogP contribution < -0.4 is 10.6 Å². The Morgan fingerprint density at radius 3 is 2.85 bits per heavy atom. The summed E-state index contributed by atoms with van der Waals surface area (Å²) in [6.45, 7) is 2.91. The molecule has 2 rings (SSSR count). The average Bonchev–Trinajstić information content (AvgIpc) is 2.61. The predicted octanol–water partition coefficient (Wildman–Crippen LogP) is 1.50. The van der Waals surface area contributed by atoms with Crippen LogP contribution >= 0.6 is 23.8 Å². The number of carbonyl (C=O) groups is 3. The summed E-state index contributed by atoms with van der Waals surface area (Å²) in [5.74, 6) is -1.29. The molecular weight excluding hydrogens is 378 g/mol. The van der Waals surface area contributed by atoms with Gasteiger partial charge in [-0.3, -0.25) is 19.7 Å². The summed E-state index contributed by atoms with van der Waals surface area (Å²) in [4.78, 5) is 38.0. The van der Waals surface area contributed by atoms with E-state index in [9.17, 15) is 14.4 Å². The zero-order chi connectivity index (χ0) is 19.1. The Hall–Kier alpha value is -2.19. The fraction of sp³-hybridized carbons (Fsp3) is 0.412. The number of rotatable bonds is 5. The van der Waals surface area contributed by atoms with Gasteiger partial charge in [-0.05, 0) is 30.8 Å². The Balaban J connectivity index is 2.06. The molecule has 7 nitrogen and oxygen atoms in total. The van der Waals surface area contributed by atoms with Crippen LogP contribution in [0.4, 0.5) is 0 Å². The van der Waals surface area contributed by atoms with E-state index in [0.717, 1.165) is 0 Å². The highest BCUT2D eigenvalue weighted by molar-refractivity contribution is 7.80. The van der Waals surface area contributed by atoms with E-state index >= 15 is 0 Å². The number of thiocarbonyl (C=S) groups is 1. The van der Waals surface area contributed by atoms with Crippen LogP contribution in [0, 0.1) is 0 Å². The normalized spacial score (nSPS) is 16.6. The van der Waals surface area contributed by atoms with E-state index in [1.54, 1.807) is 24.3 Å². The van der Waals surface area contributed by atoms with Crippen LogP contribution in [0.15, 0.2) is 24.3 Å². The lowest BCUT2D eigenvalue weighted by Gasteiger charge is -2.36. The molecule has 1 heterocycles. The SMILES string of the molecule is CCCOC(=O)CC1C(=O)NCCN1C(=S)NC(=O)c1ccccc1Cl. The number of amides is 2. The number of benzene rings is 1. The van der Waals surface area contributed by atoms with Crippen LogP contribution in [0.2, 0.25) is 5.02 Å². The molecule has 26 heavy (non-hydrogen) atoms. The fourth-order valence-electron chi connectivity index (χ4n) is 2.48. The van der Waals surface area contributed by atoms with Crippen LogP contribution in [-0.4, -0.2) is 53.5 Å². The number of esters is 1. The van der Waals surface area contributed by atoms with Crippen molar-refractivity contribution in [3.63, 3.8) is 0 Å². The summed E-state index contributed by atoms with van der Waals surface area (Å²) in [5, 5.41) is 5.63. The second-order valence-electron chi connectivity index (χ2n) is 5.66. The molecule has 1 aromatic carbocycles. The van der Waals surface area contributed by atoms with Crippen molar-refractivity contribution in [1.82, 2.24) is 15.5 Å². The summed E-state index contributed by atoms with van der Waals surface area (Å²) >= 11 is 11.3. The van der Waals surface area contributed by atoms with Crippen molar-refractivity contribution in [2.45, 2.75) is 25.8 Å². The quantitative estimate of drug-likeness (QED) is 0.578. The molecule has 1 saturated heterocycles. The monoisotopic (exact) mass is 397 g/mol. The van der Waals surface area contributed by atoms with Crippen LogP contribution in [0.1, 0.15) is 30.1 Å². The minimum Gasteiger partial charge on any atom is -0.466 e. The zero-order valence-corrected chi connectivity index (χ0v) is 15.9. The lowest BCUT2D eigenvalue weighted by Crippen LogP contribution is -2.60. The van der Waals surface area contributed by atoms with E-state index in [-0.39, 0.29) is 23.0 Å². The molecule has 1 aliphatic heterocycles. The lowest BCUT2D eigenvalue weighted by atomic mass is 10.1. The molecule has 1 aliphatic rings. The van der Waals surface area contributed by atoms with Crippen molar-refractivity contribution in [1.29, 1.82) is 0 Å². The number of nitrogens with zero attached hydrogens (tertiary/aromatic N) is 1. The molecule has 140 valence electrons. The first-order chi connectivity index (χ1) is 12.4. The van der Waals surface area contributed by atoms with E-state index in [4.69, 9.17) is 28.6 Å². The molecule has 0 aliphatic carbocycles. The number of nitrogens with one attached hydrogen (secondary N) is 2.